The summed E-state index contributed by atoms with van der Waals surface area (Å²) in [4.78, 5) is 20.2. The van der Waals surface area contributed by atoms with Crippen molar-refractivity contribution >= 4 is 18.2 Å². The van der Waals surface area contributed by atoms with E-state index in [0.717, 1.165) is 16.7 Å². The van der Waals surface area contributed by atoms with Gasteiger partial charge in [-0.1, -0.05) is 60.2 Å². The number of nitrogens with zero attached hydrogens (tertiary/aromatic N) is 1. The predicted octanol–water partition coefficient (Wildman–Crippen LogP) is 4.96. The van der Waals surface area contributed by atoms with E-state index in [-0.39, 0.29) is 6.61 Å². The second kappa shape index (κ2) is 7.40. The van der Waals surface area contributed by atoms with E-state index < -0.39 is 5.97 Å². The molecule has 0 saturated carbocycles. The maximum Gasteiger partial charge on any atom is 0.342 e. The van der Waals surface area contributed by atoms with Crippen LogP contribution in [0.5, 0.6) is 0 Å². The molecule has 25 heavy (non-hydrogen) atoms. The highest BCUT2D eigenvalue weighted by molar-refractivity contribution is 7.71. The van der Waals surface area contributed by atoms with Gasteiger partial charge in [0.05, 0.1) is 18.0 Å². The summed E-state index contributed by atoms with van der Waals surface area (Å²) in [6.07, 6.45) is 0. The molecular weight excluding hydrogens is 332 g/mol. The standard InChI is InChI=1S/C20H18N2O2S/c1-3-24-19(23)16-17(14-7-5-4-6-8-14)21-20(25)22-18(16)15-11-9-13(2)10-12-15/h4-12H,3H2,1-2H3,(H,21,22,25). The molecule has 1 aromatic heterocycles. The molecule has 0 amide bonds. The highest BCUT2D eigenvalue weighted by Gasteiger charge is 2.22. The first kappa shape index (κ1) is 17.0. The molecule has 0 aliphatic rings. The molecule has 2 aromatic carbocycles. The summed E-state index contributed by atoms with van der Waals surface area (Å²) in [5.41, 5.74) is 4.36. The van der Waals surface area contributed by atoms with Gasteiger partial charge in [-0.2, -0.15) is 0 Å². The summed E-state index contributed by atoms with van der Waals surface area (Å²) < 4.78 is 5.60. The van der Waals surface area contributed by atoms with Gasteiger partial charge < -0.3 is 9.72 Å². The number of carbonyl (C=O) groups is 1. The van der Waals surface area contributed by atoms with Gasteiger partial charge in [0, 0.05) is 5.56 Å². The number of aromatic nitrogens is 2. The Hall–Kier alpha value is -2.79. The van der Waals surface area contributed by atoms with Crippen LogP contribution < -0.4 is 0 Å². The molecule has 0 saturated heterocycles. The van der Waals surface area contributed by atoms with Crippen LogP contribution in [-0.2, 0) is 4.74 Å². The first-order chi connectivity index (χ1) is 12.1. The second-order valence-corrected chi connectivity index (χ2v) is 5.98. The fourth-order valence-corrected chi connectivity index (χ4v) is 2.81. The summed E-state index contributed by atoms with van der Waals surface area (Å²) in [6, 6.07) is 17.4. The van der Waals surface area contributed by atoms with E-state index >= 15 is 0 Å². The van der Waals surface area contributed by atoms with Crippen molar-refractivity contribution in [3.8, 4) is 22.5 Å². The Morgan fingerprint density at radius 1 is 1.08 bits per heavy atom. The van der Waals surface area contributed by atoms with Gasteiger partial charge in [-0.15, -0.1) is 0 Å². The summed E-state index contributed by atoms with van der Waals surface area (Å²) >= 11 is 5.30. The van der Waals surface area contributed by atoms with Gasteiger partial charge in [-0.25, -0.2) is 9.78 Å². The predicted molar refractivity (Wildman–Crippen MR) is 101 cm³/mol. The first-order valence-corrected chi connectivity index (χ1v) is 8.45. The van der Waals surface area contributed by atoms with Crippen LogP contribution in [0.1, 0.15) is 22.8 Å². The fraction of sp³-hybridized carbons (Fsp3) is 0.150. The first-order valence-electron chi connectivity index (χ1n) is 8.04. The van der Waals surface area contributed by atoms with Gasteiger partial charge in [0.15, 0.2) is 4.77 Å². The van der Waals surface area contributed by atoms with E-state index in [1.165, 1.54) is 0 Å². The quantitative estimate of drug-likeness (QED) is 0.534. The van der Waals surface area contributed by atoms with Crippen molar-refractivity contribution in [2.75, 3.05) is 6.61 Å². The number of aromatic amines is 1. The zero-order valence-electron chi connectivity index (χ0n) is 14.1. The minimum atomic E-state index is -0.421. The fourth-order valence-electron chi connectivity index (χ4n) is 2.62. The van der Waals surface area contributed by atoms with Crippen molar-refractivity contribution in [1.82, 2.24) is 9.97 Å². The van der Waals surface area contributed by atoms with Crippen molar-refractivity contribution < 1.29 is 9.53 Å². The zero-order chi connectivity index (χ0) is 17.8. The zero-order valence-corrected chi connectivity index (χ0v) is 14.9. The lowest BCUT2D eigenvalue weighted by atomic mass is 9.99. The number of esters is 1. The van der Waals surface area contributed by atoms with Crippen LogP contribution in [0.2, 0.25) is 0 Å². The minimum absolute atomic E-state index is 0.288. The Labute approximate surface area is 151 Å². The molecule has 0 radical (unpaired) electrons. The number of rotatable bonds is 4. The molecule has 126 valence electrons. The number of aryl methyl sites for hydroxylation is 1. The molecule has 3 rings (SSSR count). The van der Waals surface area contributed by atoms with E-state index in [1.807, 2.05) is 61.5 Å². The molecule has 3 aromatic rings. The van der Waals surface area contributed by atoms with E-state index in [9.17, 15) is 4.79 Å². The molecule has 0 bridgehead atoms. The number of hydrogen-bond acceptors (Lipinski definition) is 4. The van der Waals surface area contributed by atoms with Crippen molar-refractivity contribution in [3.05, 3.63) is 70.5 Å². The van der Waals surface area contributed by atoms with Gasteiger partial charge in [0.1, 0.15) is 5.56 Å². The normalized spacial score (nSPS) is 10.5. The molecule has 1 heterocycles. The lowest BCUT2D eigenvalue weighted by Crippen LogP contribution is -2.11. The number of benzene rings is 2. The maximum absolute atomic E-state index is 12.7. The van der Waals surface area contributed by atoms with Crippen LogP contribution in [0.15, 0.2) is 54.6 Å². The van der Waals surface area contributed by atoms with E-state index in [1.54, 1.807) is 6.92 Å². The minimum Gasteiger partial charge on any atom is -0.462 e. The number of ether oxygens (including phenoxy) is 1. The Morgan fingerprint density at radius 2 is 1.76 bits per heavy atom. The van der Waals surface area contributed by atoms with Crippen LogP contribution in [0.25, 0.3) is 22.5 Å². The topological polar surface area (TPSA) is 55.0 Å². The van der Waals surface area contributed by atoms with Crippen molar-refractivity contribution in [3.63, 3.8) is 0 Å². The molecule has 4 nitrogen and oxygen atoms in total. The largest absolute Gasteiger partial charge is 0.462 e. The highest BCUT2D eigenvalue weighted by Crippen LogP contribution is 2.30. The lowest BCUT2D eigenvalue weighted by molar-refractivity contribution is 0.0527. The Kier molecular flexibility index (Phi) is 5.05. The third-order valence-electron chi connectivity index (χ3n) is 3.80. The van der Waals surface area contributed by atoms with Crippen molar-refractivity contribution in [2.24, 2.45) is 0 Å². The summed E-state index contributed by atoms with van der Waals surface area (Å²) in [6.45, 7) is 4.08. The van der Waals surface area contributed by atoms with E-state index in [4.69, 9.17) is 17.0 Å². The average molecular weight is 350 g/mol. The Morgan fingerprint density at radius 3 is 2.40 bits per heavy atom. The summed E-state index contributed by atoms with van der Waals surface area (Å²) in [7, 11) is 0. The smallest absolute Gasteiger partial charge is 0.342 e. The maximum atomic E-state index is 12.7. The SMILES string of the molecule is CCOC(=O)c1c(-c2ccccc2)nc(=S)[nH]c1-c1ccc(C)cc1. The highest BCUT2D eigenvalue weighted by atomic mass is 32.1. The van der Waals surface area contributed by atoms with Crippen LogP contribution in [0.3, 0.4) is 0 Å². The molecule has 0 spiro atoms. The lowest BCUT2D eigenvalue weighted by Gasteiger charge is -2.14. The van der Waals surface area contributed by atoms with E-state index in [2.05, 4.69) is 9.97 Å². The third-order valence-corrected chi connectivity index (χ3v) is 3.99. The van der Waals surface area contributed by atoms with Gasteiger partial charge in [-0.05, 0) is 31.6 Å². The van der Waals surface area contributed by atoms with Gasteiger partial charge in [0.2, 0.25) is 0 Å². The van der Waals surface area contributed by atoms with Crippen LogP contribution in [0, 0.1) is 11.7 Å². The number of H-pyrrole nitrogens is 1. The van der Waals surface area contributed by atoms with E-state index in [0.29, 0.717) is 21.7 Å². The Balaban J connectivity index is 2.30. The summed E-state index contributed by atoms with van der Waals surface area (Å²) in [5, 5.41) is 0. The Bertz CT molecular complexity index is 948. The molecule has 5 heteroatoms. The molecular formula is C20H18N2O2S. The van der Waals surface area contributed by atoms with Gasteiger partial charge in [0.25, 0.3) is 0 Å². The molecule has 0 fully saturated rings. The molecule has 0 aliphatic carbocycles. The average Bonchev–Trinajstić information content (AvgIpc) is 2.62. The van der Waals surface area contributed by atoms with Gasteiger partial charge >= 0.3 is 5.97 Å². The second-order valence-electron chi connectivity index (χ2n) is 5.59. The van der Waals surface area contributed by atoms with Crippen LogP contribution >= 0.6 is 12.2 Å². The third kappa shape index (κ3) is 3.67. The van der Waals surface area contributed by atoms with Crippen molar-refractivity contribution in [1.29, 1.82) is 0 Å². The van der Waals surface area contributed by atoms with Crippen LogP contribution in [0.4, 0.5) is 0 Å². The number of carbonyl (C=O) groups excluding carboxylic acids is 1. The number of nitrogens with one attached hydrogen (secondary N) is 1. The molecule has 1 N–H and O–H groups in total. The number of hydrogen-bond donors (Lipinski definition) is 1. The molecule has 0 aliphatic heterocycles. The van der Waals surface area contributed by atoms with Gasteiger partial charge in [-0.3, -0.25) is 0 Å². The van der Waals surface area contributed by atoms with Crippen LogP contribution in [-0.4, -0.2) is 22.5 Å². The monoisotopic (exact) mass is 350 g/mol. The van der Waals surface area contributed by atoms with Crippen molar-refractivity contribution in [2.45, 2.75) is 13.8 Å². The molecule has 0 atom stereocenters. The summed E-state index contributed by atoms with van der Waals surface area (Å²) in [5.74, 6) is -0.421. The molecule has 0 unspecified atom stereocenters.